The first-order valence-electron chi connectivity index (χ1n) is 14.7. The SMILES string of the molecule is CC[C@H](C)[C@H](NC(=O)[C@H](CCSC)NC=O)C(=O)N[C@@H](Cc1ccccc1)C(=O)N[C@@H](CC(C)C)C(=O)N[C@@H](CS)C(=O)O. The number of carbonyl (C=O) groups excluding carboxylic acids is 5. The minimum Gasteiger partial charge on any atom is -0.480 e. The lowest BCUT2D eigenvalue weighted by molar-refractivity contribution is -0.141. The molecule has 14 heteroatoms. The monoisotopic (exact) mass is 653 g/mol. The van der Waals surface area contributed by atoms with E-state index in [1.807, 2.05) is 33.1 Å². The van der Waals surface area contributed by atoms with E-state index in [4.69, 9.17) is 0 Å². The van der Waals surface area contributed by atoms with Crippen molar-refractivity contribution >= 4 is 60.4 Å². The van der Waals surface area contributed by atoms with Crippen LogP contribution in [-0.2, 0) is 35.2 Å². The van der Waals surface area contributed by atoms with Crippen LogP contribution in [0.5, 0.6) is 0 Å². The molecule has 0 saturated carbocycles. The summed E-state index contributed by atoms with van der Waals surface area (Å²) in [6.45, 7) is 7.37. The second-order valence-electron chi connectivity index (χ2n) is 11.0. The Labute approximate surface area is 269 Å². The molecule has 12 nitrogen and oxygen atoms in total. The molecule has 0 bridgehead atoms. The fraction of sp³-hybridized carbons (Fsp3) is 0.600. The summed E-state index contributed by atoms with van der Waals surface area (Å²) in [6, 6.07) is 3.71. The molecule has 6 N–H and O–H groups in total. The van der Waals surface area contributed by atoms with Crippen LogP contribution in [0.15, 0.2) is 30.3 Å². The number of carboxylic acids is 1. The Morgan fingerprint density at radius 2 is 1.43 bits per heavy atom. The lowest BCUT2D eigenvalue weighted by Crippen LogP contribution is -2.60. The van der Waals surface area contributed by atoms with Gasteiger partial charge >= 0.3 is 5.97 Å². The van der Waals surface area contributed by atoms with E-state index in [2.05, 4.69) is 39.2 Å². The molecule has 0 fully saturated rings. The number of carbonyl (C=O) groups is 6. The fourth-order valence-electron chi connectivity index (χ4n) is 4.32. The smallest absolute Gasteiger partial charge is 0.327 e. The Balaban J connectivity index is 3.29. The fourth-order valence-corrected chi connectivity index (χ4v) is 5.04. The maximum atomic E-state index is 13.7. The highest BCUT2D eigenvalue weighted by Gasteiger charge is 2.34. The Bertz CT molecular complexity index is 1090. The molecule has 0 aliphatic carbocycles. The van der Waals surface area contributed by atoms with Crippen molar-refractivity contribution in [3.8, 4) is 0 Å². The van der Waals surface area contributed by atoms with Crippen molar-refractivity contribution in [1.82, 2.24) is 26.6 Å². The van der Waals surface area contributed by atoms with E-state index in [1.54, 1.807) is 31.2 Å². The molecule has 1 rings (SSSR count). The lowest BCUT2D eigenvalue weighted by Gasteiger charge is -2.29. The highest BCUT2D eigenvalue weighted by molar-refractivity contribution is 7.98. The van der Waals surface area contributed by atoms with Crippen molar-refractivity contribution in [3.63, 3.8) is 0 Å². The number of thiol groups is 1. The van der Waals surface area contributed by atoms with Crippen molar-refractivity contribution in [1.29, 1.82) is 0 Å². The van der Waals surface area contributed by atoms with Gasteiger partial charge in [0.25, 0.3) is 0 Å². The normalized spacial score (nSPS) is 15.1. The van der Waals surface area contributed by atoms with Gasteiger partial charge in [-0.3, -0.25) is 24.0 Å². The third-order valence-electron chi connectivity index (χ3n) is 7.04. The van der Waals surface area contributed by atoms with Gasteiger partial charge in [0.2, 0.25) is 30.0 Å². The predicted octanol–water partition coefficient (Wildman–Crippen LogP) is 1.14. The Kier molecular flexibility index (Phi) is 18.2. The molecule has 5 amide bonds. The van der Waals surface area contributed by atoms with Gasteiger partial charge in [0.05, 0.1) is 0 Å². The van der Waals surface area contributed by atoms with E-state index >= 15 is 0 Å². The summed E-state index contributed by atoms with van der Waals surface area (Å²) < 4.78 is 0. The summed E-state index contributed by atoms with van der Waals surface area (Å²) >= 11 is 5.51. The van der Waals surface area contributed by atoms with Crippen molar-refractivity contribution < 1.29 is 33.9 Å². The molecule has 1 aromatic rings. The second kappa shape index (κ2) is 20.7. The summed E-state index contributed by atoms with van der Waals surface area (Å²) in [5.74, 6) is -3.55. The van der Waals surface area contributed by atoms with E-state index in [0.29, 0.717) is 25.0 Å². The number of carboxylic acid groups (broad SMARTS) is 1. The third kappa shape index (κ3) is 13.6. The highest BCUT2D eigenvalue weighted by atomic mass is 32.2. The van der Waals surface area contributed by atoms with Gasteiger partial charge in [0.15, 0.2) is 0 Å². The van der Waals surface area contributed by atoms with Gasteiger partial charge in [-0.2, -0.15) is 24.4 Å². The largest absolute Gasteiger partial charge is 0.480 e. The maximum Gasteiger partial charge on any atom is 0.327 e. The molecule has 1 aromatic carbocycles. The molecule has 0 saturated heterocycles. The quantitative estimate of drug-likeness (QED) is 0.0762. The summed E-state index contributed by atoms with van der Waals surface area (Å²) in [5.41, 5.74) is 0.746. The van der Waals surface area contributed by atoms with E-state index in [9.17, 15) is 33.9 Å². The van der Waals surface area contributed by atoms with Crippen LogP contribution < -0.4 is 26.6 Å². The molecule has 0 aliphatic rings. The zero-order valence-electron chi connectivity index (χ0n) is 26.0. The van der Waals surface area contributed by atoms with Gasteiger partial charge in [0, 0.05) is 12.2 Å². The summed E-state index contributed by atoms with van der Waals surface area (Å²) in [7, 11) is 0. The zero-order valence-corrected chi connectivity index (χ0v) is 27.7. The molecule has 44 heavy (non-hydrogen) atoms. The van der Waals surface area contributed by atoms with Crippen LogP contribution in [0.25, 0.3) is 0 Å². The first-order valence-corrected chi connectivity index (χ1v) is 16.7. The summed E-state index contributed by atoms with van der Waals surface area (Å²) in [6.07, 6.45) is 3.54. The number of hydrogen-bond acceptors (Lipinski definition) is 8. The van der Waals surface area contributed by atoms with Crippen LogP contribution in [0.3, 0.4) is 0 Å². The van der Waals surface area contributed by atoms with Crippen LogP contribution in [0.1, 0.15) is 52.5 Å². The first-order chi connectivity index (χ1) is 20.9. The van der Waals surface area contributed by atoms with Crippen LogP contribution in [0.2, 0.25) is 0 Å². The van der Waals surface area contributed by atoms with Crippen molar-refractivity contribution in [2.75, 3.05) is 17.8 Å². The van der Waals surface area contributed by atoms with E-state index in [0.717, 1.165) is 5.56 Å². The Morgan fingerprint density at radius 1 is 0.864 bits per heavy atom. The van der Waals surface area contributed by atoms with Crippen molar-refractivity contribution in [2.45, 2.75) is 83.6 Å². The molecule has 6 atom stereocenters. The first kappa shape index (κ1) is 38.8. The Hall–Kier alpha value is -3.26. The summed E-state index contributed by atoms with van der Waals surface area (Å²) in [5, 5.41) is 22.5. The lowest BCUT2D eigenvalue weighted by atomic mass is 9.96. The number of benzene rings is 1. The number of thioether (sulfide) groups is 1. The highest BCUT2D eigenvalue weighted by Crippen LogP contribution is 2.12. The van der Waals surface area contributed by atoms with E-state index in [-0.39, 0.29) is 30.4 Å². The standard InChI is InChI=1S/C30H47N5O7S2/c1-6-19(4)25(35-26(37)21(31-17-36)12-13-44-5)29(40)33-23(15-20-10-8-7-9-11-20)28(39)32-22(14-18(2)3)27(38)34-24(16-43)30(41)42/h7-11,17-19,21-25,43H,6,12-16H2,1-5H3,(H,31,36)(H,32,39)(H,33,40)(H,34,38)(H,35,37)(H,41,42)/t19-,21-,22-,23-,24-,25-/m0/s1. The van der Waals surface area contributed by atoms with Crippen molar-refractivity contribution in [2.24, 2.45) is 11.8 Å². The zero-order chi connectivity index (χ0) is 33.2. The number of rotatable bonds is 21. The van der Waals surface area contributed by atoms with Crippen LogP contribution in [0, 0.1) is 11.8 Å². The van der Waals surface area contributed by atoms with Crippen LogP contribution in [-0.4, -0.2) is 89.1 Å². The number of aliphatic carboxylic acids is 1. The maximum absolute atomic E-state index is 13.7. The molecular weight excluding hydrogens is 606 g/mol. The van der Waals surface area contributed by atoms with Gasteiger partial charge in [-0.05, 0) is 42.2 Å². The second-order valence-corrected chi connectivity index (χ2v) is 12.4. The predicted molar refractivity (Wildman–Crippen MR) is 174 cm³/mol. The topological polar surface area (TPSA) is 183 Å². The molecule has 0 radical (unpaired) electrons. The minimum absolute atomic E-state index is 0.0310. The Morgan fingerprint density at radius 3 is 1.95 bits per heavy atom. The number of amides is 5. The summed E-state index contributed by atoms with van der Waals surface area (Å²) in [4.78, 5) is 76.1. The average Bonchev–Trinajstić information content (AvgIpc) is 2.99. The number of nitrogens with one attached hydrogen (secondary N) is 5. The molecule has 0 aromatic heterocycles. The third-order valence-corrected chi connectivity index (χ3v) is 8.05. The molecule has 0 unspecified atom stereocenters. The van der Waals surface area contributed by atoms with Crippen LogP contribution >= 0.6 is 24.4 Å². The molecule has 246 valence electrons. The van der Waals surface area contributed by atoms with E-state index < -0.39 is 59.8 Å². The van der Waals surface area contributed by atoms with E-state index in [1.165, 1.54) is 11.8 Å². The number of hydrogen-bond donors (Lipinski definition) is 7. The average molecular weight is 654 g/mol. The van der Waals surface area contributed by atoms with Crippen molar-refractivity contribution in [3.05, 3.63) is 35.9 Å². The molecule has 0 spiro atoms. The molecular formula is C30H47N5O7S2. The van der Waals surface area contributed by atoms with Gasteiger partial charge in [-0.25, -0.2) is 4.79 Å². The van der Waals surface area contributed by atoms with Gasteiger partial charge in [-0.15, -0.1) is 0 Å². The molecule has 0 aliphatic heterocycles. The van der Waals surface area contributed by atoms with Gasteiger partial charge < -0.3 is 31.7 Å². The molecule has 0 heterocycles. The van der Waals surface area contributed by atoms with Gasteiger partial charge in [-0.1, -0.05) is 64.4 Å². The minimum atomic E-state index is -1.26. The van der Waals surface area contributed by atoms with Gasteiger partial charge in [0.1, 0.15) is 30.2 Å². The van der Waals surface area contributed by atoms with Crippen LogP contribution in [0.4, 0.5) is 0 Å².